The molecule has 0 unspecified atom stereocenters. The molecule has 3 aromatic rings. The van der Waals surface area contributed by atoms with E-state index in [4.69, 9.17) is 21.1 Å². The zero-order valence-electron chi connectivity index (χ0n) is 15.1. The van der Waals surface area contributed by atoms with Crippen LogP contribution in [0.5, 0.6) is 11.5 Å². The van der Waals surface area contributed by atoms with Gasteiger partial charge >= 0.3 is 0 Å². The van der Waals surface area contributed by atoms with Crippen molar-refractivity contribution in [1.29, 1.82) is 0 Å². The van der Waals surface area contributed by atoms with Gasteiger partial charge in [-0.1, -0.05) is 53.7 Å². The van der Waals surface area contributed by atoms with Crippen LogP contribution in [0.4, 0.5) is 4.39 Å². The molecule has 0 fully saturated rings. The van der Waals surface area contributed by atoms with Crippen molar-refractivity contribution in [3.8, 4) is 11.5 Å². The van der Waals surface area contributed by atoms with Crippen LogP contribution >= 0.6 is 23.4 Å². The maximum atomic E-state index is 13.7. The highest BCUT2D eigenvalue weighted by Gasteiger charge is 2.13. The SMILES string of the molecule is C=CCn1c(COc2ccccc2F)nnc1SCCOc1ccccc1Cl. The molecular weight excluding hydrogens is 401 g/mol. The van der Waals surface area contributed by atoms with Crippen molar-refractivity contribution in [3.05, 3.63) is 77.9 Å². The van der Waals surface area contributed by atoms with Gasteiger partial charge in [-0.15, -0.1) is 16.8 Å². The van der Waals surface area contributed by atoms with Crippen LogP contribution < -0.4 is 9.47 Å². The summed E-state index contributed by atoms with van der Waals surface area (Å²) in [5.41, 5.74) is 0. The van der Waals surface area contributed by atoms with Crippen LogP contribution in [0.15, 0.2) is 66.3 Å². The summed E-state index contributed by atoms with van der Waals surface area (Å²) in [6.45, 7) is 4.87. The summed E-state index contributed by atoms with van der Waals surface area (Å²) in [6.07, 6.45) is 1.75. The number of thioether (sulfide) groups is 1. The second-order valence-electron chi connectivity index (χ2n) is 5.64. The number of para-hydroxylation sites is 2. The lowest BCUT2D eigenvalue weighted by atomic mass is 10.3. The van der Waals surface area contributed by atoms with Crippen LogP contribution in [-0.4, -0.2) is 27.1 Å². The molecule has 0 aliphatic heterocycles. The third-order valence-electron chi connectivity index (χ3n) is 3.71. The molecule has 0 amide bonds. The average Bonchev–Trinajstić information content (AvgIpc) is 3.08. The van der Waals surface area contributed by atoms with Gasteiger partial charge in [0.15, 0.2) is 22.5 Å². The van der Waals surface area contributed by atoms with E-state index in [2.05, 4.69) is 16.8 Å². The minimum Gasteiger partial charge on any atom is -0.491 e. The highest BCUT2D eigenvalue weighted by molar-refractivity contribution is 7.99. The van der Waals surface area contributed by atoms with E-state index in [0.717, 1.165) is 5.16 Å². The number of ether oxygens (including phenoxy) is 2. The molecule has 2 aromatic carbocycles. The quantitative estimate of drug-likeness (QED) is 0.263. The molecule has 0 aliphatic carbocycles. The van der Waals surface area contributed by atoms with E-state index in [1.54, 1.807) is 30.3 Å². The minimum absolute atomic E-state index is 0.110. The normalized spacial score (nSPS) is 10.6. The Kier molecular flexibility index (Phi) is 7.33. The molecule has 1 heterocycles. The molecule has 8 heteroatoms. The smallest absolute Gasteiger partial charge is 0.191 e. The lowest BCUT2D eigenvalue weighted by Crippen LogP contribution is -2.09. The Morgan fingerprint density at radius 1 is 1.07 bits per heavy atom. The largest absolute Gasteiger partial charge is 0.491 e. The number of halogens is 2. The van der Waals surface area contributed by atoms with Crippen molar-refractivity contribution >= 4 is 23.4 Å². The van der Waals surface area contributed by atoms with Gasteiger partial charge in [0.25, 0.3) is 0 Å². The molecule has 0 spiro atoms. The van der Waals surface area contributed by atoms with Gasteiger partial charge in [-0.2, -0.15) is 0 Å². The molecule has 3 rings (SSSR count). The summed E-state index contributed by atoms with van der Waals surface area (Å²) in [5.74, 6) is 1.67. The third kappa shape index (κ3) is 5.27. The van der Waals surface area contributed by atoms with Crippen LogP contribution in [0.2, 0.25) is 5.02 Å². The maximum Gasteiger partial charge on any atom is 0.191 e. The molecule has 0 radical (unpaired) electrons. The van der Waals surface area contributed by atoms with Crippen LogP contribution in [-0.2, 0) is 13.2 Å². The molecule has 28 heavy (non-hydrogen) atoms. The van der Waals surface area contributed by atoms with Gasteiger partial charge in [0.05, 0.1) is 11.6 Å². The van der Waals surface area contributed by atoms with Gasteiger partial charge < -0.3 is 9.47 Å². The number of benzene rings is 2. The Bertz CT molecular complexity index is 935. The van der Waals surface area contributed by atoms with Crippen molar-refractivity contribution in [2.24, 2.45) is 0 Å². The van der Waals surface area contributed by atoms with Gasteiger partial charge in [-0.05, 0) is 24.3 Å². The second-order valence-corrected chi connectivity index (χ2v) is 7.11. The summed E-state index contributed by atoms with van der Waals surface area (Å²) < 4.78 is 26.8. The third-order valence-corrected chi connectivity index (χ3v) is 4.95. The van der Waals surface area contributed by atoms with Crippen molar-refractivity contribution < 1.29 is 13.9 Å². The molecule has 0 saturated carbocycles. The predicted octanol–water partition coefficient (Wildman–Crippen LogP) is 5.01. The Hall–Kier alpha value is -2.51. The first-order valence-electron chi connectivity index (χ1n) is 8.59. The van der Waals surface area contributed by atoms with E-state index in [1.165, 1.54) is 17.8 Å². The summed E-state index contributed by atoms with van der Waals surface area (Å²) in [6, 6.07) is 13.6. The Labute approximate surface area is 172 Å². The fraction of sp³-hybridized carbons (Fsp3) is 0.200. The molecule has 0 saturated heterocycles. The fourth-order valence-electron chi connectivity index (χ4n) is 2.40. The number of allylic oxidation sites excluding steroid dienone is 1. The van der Waals surface area contributed by atoms with E-state index in [0.29, 0.717) is 35.5 Å². The topological polar surface area (TPSA) is 49.2 Å². The Morgan fingerprint density at radius 3 is 2.57 bits per heavy atom. The standard InChI is InChI=1S/C20H19ClFN3O2S/c1-2-11-25-19(14-27-18-10-6-4-8-16(18)22)23-24-20(25)28-13-12-26-17-9-5-3-7-15(17)21/h2-10H,1,11-14H2. The second kappa shape index (κ2) is 10.1. The van der Waals surface area contributed by atoms with Crippen molar-refractivity contribution in [3.63, 3.8) is 0 Å². The highest BCUT2D eigenvalue weighted by Crippen LogP contribution is 2.24. The highest BCUT2D eigenvalue weighted by atomic mass is 35.5. The van der Waals surface area contributed by atoms with E-state index in [9.17, 15) is 4.39 Å². The lowest BCUT2D eigenvalue weighted by Gasteiger charge is -2.10. The number of hydrogen-bond donors (Lipinski definition) is 0. The van der Waals surface area contributed by atoms with E-state index < -0.39 is 5.82 Å². The summed E-state index contributed by atoms with van der Waals surface area (Å²) in [4.78, 5) is 0. The predicted molar refractivity (Wildman–Crippen MR) is 109 cm³/mol. The van der Waals surface area contributed by atoms with Crippen molar-refractivity contribution in [2.45, 2.75) is 18.3 Å². The molecule has 0 aliphatic rings. The van der Waals surface area contributed by atoms with Gasteiger partial charge in [-0.3, -0.25) is 4.57 Å². The first-order chi connectivity index (χ1) is 13.7. The number of aromatic nitrogens is 3. The van der Waals surface area contributed by atoms with Crippen LogP contribution in [0.25, 0.3) is 0 Å². The minimum atomic E-state index is -0.413. The van der Waals surface area contributed by atoms with Crippen LogP contribution in [0.3, 0.4) is 0 Å². The van der Waals surface area contributed by atoms with Gasteiger partial charge in [-0.25, -0.2) is 4.39 Å². The van der Waals surface area contributed by atoms with E-state index >= 15 is 0 Å². The Morgan fingerprint density at radius 2 is 1.82 bits per heavy atom. The zero-order chi connectivity index (χ0) is 19.8. The van der Waals surface area contributed by atoms with Crippen LogP contribution in [0, 0.1) is 5.82 Å². The molecule has 1 aromatic heterocycles. The summed E-state index contributed by atoms with van der Waals surface area (Å²) in [7, 11) is 0. The molecule has 0 atom stereocenters. The molecule has 146 valence electrons. The number of hydrogen-bond acceptors (Lipinski definition) is 5. The molecule has 0 bridgehead atoms. The average molecular weight is 420 g/mol. The van der Waals surface area contributed by atoms with E-state index in [1.807, 2.05) is 22.8 Å². The molecular formula is C20H19ClFN3O2S. The van der Waals surface area contributed by atoms with E-state index in [-0.39, 0.29) is 12.4 Å². The van der Waals surface area contributed by atoms with Gasteiger partial charge in [0.2, 0.25) is 0 Å². The number of rotatable bonds is 10. The maximum absolute atomic E-state index is 13.7. The first-order valence-corrected chi connectivity index (χ1v) is 9.96. The fourth-order valence-corrected chi connectivity index (χ4v) is 3.37. The van der Waals surface area contributed by atoms with Gasteiger partial charge in [0.1, 0.15) is 12.4 Å². The summed E-state index contributed by atoms with van der Waals surface area (Å²) >= 11 is 7.58. The monoisotopic (exact) mass is 419 g/mol. The zero-order valence-corrected chi connectivity index (χ0v) is 16.6. The van der Waals surface area contributed by atoms with Crippen LogP contribution in [0.1, 0.15) is 5.82 Å². The van der Waals surface area contributed by atoms with Gasteiger partial charge in [0, 0.05) is 12.3 Å². The van der Waals surface area contributed by atoms with Crippen molar-refractivity contribution in [1.82, 2.24) is 14.8 Å². The molecule has 5 nitrogen and oxygen atoms in total. The first kappa shape index (κ1) is 20.2. The lowest BCUT2D eigenvalue weighted by molar-refractivity contribution is 0.275. The number of nitrogens with zero attached hydrogens (tertiary/aromatic N) is 3. The van der Waals surface area contributed by atoms with Crippen molar-refractivity contribution in [2.75, 3.05) is 12.4 Å². The molecule has 0 N–H and O–H groups in total. The Balaban J connectivity index is 1.58. The summed E-state index contributed by atoms with van der Waals surface area (Å²) in [5, 5.41) is 9.67.